The lowest BCUT2D eigenvalue weighted by Gasteiger charge is -2.10. The van der Waals surface area contributed by atoms with Crippen molar-refractivity contribution in [3.05, 3.63) is 36.9 Å². The first-order valence-electron chi connectivity index (χ1n) is 3.29. The lowest BCUT2D eigenvalue weighted by Crippen LogP contribution is -2.07. The molecule has 3 nitrogen and oxygen atoms in total. The molecule has 12 heavy (non-hydrogen) atoms. The van der Waals surface area contributed by atoms with Gasteiger partial charge in [0.2, 0.25) is 5.95 Å². The Bertz CT molecular complexity index is 290. The topological polar surface area (TPSA) is 28.5 Å². The first-order chi connectivity index (χ1) is 5.77. The molecular formula is C8H8FN3. The molecule has 0 aliphatic carbocycles. The fourth-order valence-electron chi connectivity index (χ4n) is 0.749. The Balaban J connectivity index is 3.00. The van der Waals surface area contributed by atoms with Crippen molar-refractivity contribution in [2.24, 2.45) is 5.10 Å². The van der Waals surface area contributed by atoms with Crippen LogP contribution in [-0.4, -0.2) is 11.7 Å². The summed E-state index contributed by atoms with van der Waals surface area (Å²) >= 11 is 0. The van der Waals surface area contributed by atoms with Crippen LogP contribution < -0.4 is 5.01 Å². The first-order valence-corrected chi connectivity index (χ1v) is 3.29. The maximum Gasteiger partial charge on any atom is 0.214 e. The van der Waals surface area contributed by atoms with E-state index in [0.29, 0.717) is 5.82 Å². The van der Waals surface area contributed by atoms with Crippen LogP contribution in [0.25, 0.3) is 0 Å². The number of hydrazone groups is 1. The van der Waals surface area contributed by atoms with E-state index in [0.717, 1.165) is 0 Å². The zero-order valence-corrected chi connectivity index (χ0v) is 6.44. The second-order valence-electron chi connectivity index (χ2n) is 1.99. The van der Waals surface area contributed by atoms with Crippen molar-refractivity contribution in [3.8, 4) is 0 Å². The Morgan fingerprint density at radius 2 is 2.33 bits per heavy atom. The Kier molecular flexibility index (Phi) is 2.53. The average molecular weight is 165 g/mol. The van der Waals surface area contributed by atoms with Gasteiger partial charge in [-0.2, -0.15) is 9.49 Å². The summed E-state index contributed by atoms with van der Waals surface area (Å²) in [5.41, 5.74) is 0. The molecule has 1 rings (SSSR count). The molecule has 0 atom stereocenters. The number of nitrogens with zero attached hydrogens (tertiary/aromatic N) is 3. The molecule has 1 heterocycles. The van der Waals surface area contributed by atoms with E-state index in [4.69, 9.17) is 0 Å². The monoisotopic (exact) mass is 165 g/mol. The number of hydrogen-bond acceptors (Lipinski definition) is 3. The number of pyridine rings is 1. The van der Waals surface area contributed by atoms with E-state index in [1.54, 1.807) is 12.1 Å². The van der Waals surface area contributed by atoms with Gasteiger partial charge in [-0.3, -0.25) is 0 Å². The molecule has 4 heteroatoms. The summed E-state index contributed by atoms with van der Waals surface area (Å²) in [6.45, 7) is 6.75. The highest BCUT2D eigenvalue weighted by Crippen LogP contribution is 2.10. The molecule has 1 aromatic rings. The predicted octanol–water partition coefficient (Wildman–Crippen LogP) is 1.79. The van der Waals surface area contributed by atoms with Crippen molar-refractivity contribution in [2.45, 2.75) is 0 Å². The van der Waals surface area contributed by atoms with Crippen LogP contribution in [0.2, 0.25) is 0 Å². The molecular weight excluding hydrogens is 157 g/mol. The largest absolute Gasteiger partial charge is 0.224 e. The maximum absolute atomic E-state index is 12.6. The molecule has 0 unspecified atom stereocenters. The van der Waals surface area contributed by atoms with Gasteiger partial charge >= 0.3 is 0 Å². The van der Waals surface area contributed by atoms with Gasteiger partial charge in [-0.15, -0.1) is 0 Å². The highest BCUT2D eigenvalue weighted by molar-refractivity contribution is 5.43. The minimum atomic E-state index is -0.553. The summed E-state index contributed by atoms with van der Waals surface area (Å²) in [4.78, 5) is 3.57. The molecule has 0 aromatic carbocycles. The van der Waals surface area contributed by atoms with E-state index in [-0.39, 0.29) is 0 Å². The van der Waals surface area contributed by atoms with E-state index in [1.807, 2.05) is 0 Å². The van der Waals surface area contributed by atoms with Crippen LogP contribution in [-0.2, 0) is 0 Å². The van der Waals surface area contributed by atoms with E-state index in [2.05, 4.69) is 23.4 Å². The summed E-state index contributed by atoms with van der Waals surface area (Å²) in [5, 5.41) is 4.83. The van der Waals surface area contributed by atoms with Gasteiger partial charge in [-0.1, -0.05) is 12.6 Å². The Morgan fingerprint density at radius 3 is 2.83 bits per heavy atom. The highest BCUT2D eigenvalue weighted by Gasteiger charge is 2.00. The highest BCUT2D eigenvalue weighted by atomic mass is 19.1. The van der Waals surface area contributed by atoms with Crippen LogP contribution in [0.5, 0.6) is 0 Å². The van der Waals surface area contributed by atoms with E-state index < -0.39 is 5.95 Å². The molecule has 0 amide bonds. The van der Waals surface area contributed by atoms with Crippen LogP contribution in [0.4, 0.5) is 10.2 Å². The molecule has 62 valence electrons. The number of anilines is 1. The zero-order valence-electron chi connectivity index (χ0n) is 6.44. The van der Waals surface area contributed by atoms with Crippen LogP contribution >= 0.6 is 0 Å². The Hall–Kier alpha value is -1.71. The predicted molar refractivity (Wildman–Crippen MR) is 46.4 cm³/mol. The van der Waals surface area contributed by atoms with Crippen molar-refractivity contribution >= 4 is 12.5 Å². The van der Waals surface area contributed by atoms with Gasteiger partial charge < -0.3 is 0 Å². The van der Waals surface area contributed by atoms with Crippen LogP contribution in [0.15, 0.2) is 36.1 Å². The molecule has 0 bridgehead atoms. The summed E-state index contributed by atoms with van der Waals surface area (Å²) < 4.78 is 12.6. The molecule has 0 spiro atoms. The molecule has 0 N–H and O–H groups in total. The van der Waals surface area contributed by atoms with Crippen LogP contribution in [0.1, 0.15) is 0 Å². The fraction of sp³-hybridized carbons (Fsp3) is 0. The van der Waals surface area contributed by atoms with Crippen LogP contribution in [0.3, 0.4) is 0 Å². The van der Waals surface area contributed by atoms with E-state index in [1.165, 1.54) is 17.3 Å². The van der Waals surface area contributed by atoms with Crippen molar-refractivity contribution in [3.63, 3.8) is 0 Å². The minimum absolute atomic E-state index is 0.361. The number of aromatic nitrogens is 1. The third-order valence-corrected chi connectivity index (χ3v) is 1.26. The summed E-state index contributed by atoms with van der Waals surface area (Å²) in [6.07, 6.45) is 1.40. The smallest absolute Gasteiger partial charge is 0.214 e. The molecule has 0 fully saturated rings. The summed E-state index contributed by atoms with van der Waals surface area (Å²) in [6, 6.07) is 4.41. The standard InChI is InChI=1S/C8H8FN3/c1-3-12(10-2)8-6-4-5-7(9)11-8/h3-6H,1-2H2. The summed E-state index contributed by atoms with van der Waals surface area (Å²) in [5.74, 6) is -0.192. The minimum Gasteiger partial charge on any atom is -0.224 e. The van der Waals surface area contributed by atoms with Crippen molar-refractivity contribution in [1.82, 2.24) is 4.98 Å². The normalized spacial score (nSPS) is 9.08. The Morgan fingerprint density at radius 1 is 1.58 bits per heavy atom. The van der Waals surface area contributed by atoms with Gasteiger partial charge in [-0.05, 0) is 12.1 Å². The van der Waals surface area contributed by atoms with E-state index >= 15 is 0 Å². The van der Waals surface area contributed by atoms with Crippen molar-refractivity contribution in [2.75, 3.05) is 5.01 Å². The number of hydrogen-bond donors (Lipinski definition) is 0. The second kappa shape index (κ2) is 3.61. The van der Waals surface area contributed by atoms with Crippen molar-refractivity contribution in [1.29, 1.82) is 0 Å². The Labute approximate surface area is 69.8 Å². The van der Waals surface area contributed by atoms with Gasteiger partial charge in [0.25, 0.3) is 0 Å². The van der Waals surface area contributed by atoms with Gasteiger partial charge in [0.05, 0.1) is 0 Å². The molecule has 0 saturated carbocycles. The fourth-order valence-corrected chi connectivity index (χ4v) is 0.749. The van der Waals surface area contributed by atoms with Crippen LogP contribution in [0, 0.1) is 5.95 Å². The van der Waals surface area contributed by atoms with Gasteiger partial charge in [-0.25, -0.2) is 9.99 Å². The van der Waals surface area contributed by atoms with Gasteiger partial charge in [0.1, 0.15) is 0 Å². The third kappa shape index (κ3) is 1.66. The molecule has 0 saturated heterocycles. The zero-order chi connectivity index (χ0) is 8.97. The molecule has 0 radical (unpaired) electrons. The average Bonchev–Trinajstić information content (AvgIpc) is 2.07. The quantitative estimate of drug-likeness (QED) is 0.388. The first kappa shape index (κ1) is 8.39. The molecule has 0 aliphatic rings. The number of halogens is 1. The van der Waals surface area contributed by atoms with E-state index in [9.17, 15) is 4.39 Å². The lowest BCUT2D eigenvalue weighted by molar-refractivity contribution is 0.583. The maximum atomic E-state index is 12.6. The number of rotatable bonds is 3. The summed E-state index contributed by atoms with van der Waals surface area (Å²) in [7, 11) is 0. The van der Waals surface area contributed by atoms with Gasteiger partial charge in [0.15, 0.2) is 5.82 Å². The second-order valence-corrected chi connectivity index (χ2v) is 1.99. The molecule has 1 aromatic heterocycles. The van der Waals surface area contributed by atoms with Crippen molar-refractivity contribution < 1.29 is 4.39 Å². The molecule has 0 aliphatic heterocycles. The van der Waals surface area contributed by atoms with Gasteiger partial charge in [0, 0.05) is 12.9 Å². The SMILES string of the molecule is C=CN(N=C)c1cccc(F)n1. The lowest BCUT2D eigenvalue weighted by atomic mass is 10.4. The third-order valence-electron chi connectivity index (χ3n) is 1.26.